The van der Waals surface area contributed by atoms with Gasteiger partial charge >= 0.3 is 5.97 Å². The van der Waals surface area contributed by atoms with Crippen LogP contribution in [0.5, 0.6) is 0 Å². The van der Waals surface area contributed by atoms with E-state index in [4.69, 9.17) is 4.74 Å². The third-order valence-electron chi connectivity index (χ3n) is 5.42. The number of carbonyl (C=O) groups is 2. The summed E-state index contributed by atoms with van der Waals surface area (Å²) >= 11 is 0. The first-order valence-corrected chi connectivity index (χ1v) is 7.11. The highest BCUT2D eigenvalue weighted by molar-refractivity contribution is 6.07. The second-order valence-corrected chi connectivity index (χ2v) is 6.47. The maximum absolute atomic E-state index is 12.6. The number of ether oxygens (including phenoxy) is 1. The minimum absolute atomic E-state index is 0.0825. The Morgan fingerprint density at radius 3 is 2.68 bits per heavy atom. The molecule has 3 aliphatic carbocycles. The van der Waals surface area contributed by atoms with E-state index in [1.807, 2.05) is 32.1 Å². The van der Waals surface area contributed by atoms with Crippen molar-refractivity contribution in [3.63, 3.8) is 0 Å². The van der Waals surface area contributed by atoms with Crippen molar-refractivity contribution in [2.24, 2.45) is 16.7 Å². The Bertz CT molecular complexity index is 498. The van der Waals surface area contributed by atoms with Gasteiger partial charge in [-0.1, -0.05) is 19.9 Å². The van der Waals surface area contributed by atoms with Gasteiger partial charge in [-0.2, -0.15) is 0 Å². The van der Waals surface area contributed by atoms with E-state index in [-0.39, 0.29) is 17.2 Å². The number of Topliss-reactive ketones (excluding diaryl/α,β-unsaturated/α-hetero) is 1. The summed E-state index contributed by atoms with van der Waals surface area (Å²) in [6.07, 6.45) is 9.79. The van der Waals surface area contributed by atoms with E-state index < -0.39 is 5.41 Å². The van der Waals surface area contributed by atoms with Crippen LogP contribution < -0.4 is 0 Å². The molecule has 3 heteroatoms. The molecule has 0 aromatic carbocycles. The number of hydrogen-bond donors (Lipinski definition) is 0. The Labute approximate surface area is 113 Å². The first-order valence-electron chi connectivity index (χ1n) is 7.11. The predicted octanol–water partition coefficient (Wildman–Crippen LogP) is 3.16. The van der Waals surface area contributed by atoms with Gasteiger partial charge < -0.3 is 4.74 Å². The van der Waals surface area contributed by atoms with Crippen molar-refractivity contribution in [3.05, 3.63) is 24.0 Å². The van der Waals surface area contributed by atoms with Gasteiger partial charge in [-0.05, 0) is 49.2 Å². The van der Waals surface area contributed by atoms with Gasteiger partial charge in [-0.25, -0.2) is 0 Å². The van der Waals surface area contributed by atoms with Crippen LogP contribution in [0, 0.1) is 16.7 Å². The summed E-state index contributed by atoms with van der Waals surface area (Å²) in [5.74, 6) is 0.687. The fourth-order valence-corrected chi connectivity index (χ4v) is 4.01. The minimum atomic E-state index is -0.899. The quantitative estimate of drug-likeness (QED) is 0.566. The molecule has 2 unspecified atom stereocenters. The monoisotopic (exact) mass is 260 g/mol. The number of ketones is 1. The Balaban J connectivity index is 1.88. The summed E-state index contributed by atoms with van der Waals surface area (Å²) in [4.78, 5) is 24.9. The zero-order chi connectivity index (χ0) is 13.7. The number of allylic oxidation sites excluding steroid dienone is 3. The standard InChI is InChI=1S/C16H20O3/c1-15(2)11-8-9-16(15,13(17)10-11)14(18)19-12-6-4-3-5-7-12/h4,6-7,11H,3,5,8-10H2,1-2H3. The zero-order valence-electron chi connectivity index (χ0n) is 11.6. The number of fused-ring (bicyclic) bond motifs is 2. The summed E-state index contributed by atoms with van der Waals surface area (Å²) in [7, 11) is 0. The first-order chi connectivity index (χ1) is 8.98. The average molecular weight is 260 g/mol. The Hall–Kier alpha value is -1.38. The summed E-state index contributed by atoms with van der Waals surface area (Å²) in [5, 5.41) is 0. The number of rotatable bonds is 2. The molecule has 0 heterocycles. The molecule has 19 heavy (non-hydrogen) atoms. The van der Waals surface area contributed by atoms with Crippen molar-refractivity contribution in [1.82, 2.24) is 0 Å². The lowest BCUT2D eigenvalue weighted by atomic mass is 9.69. The largest absolute Gasteiger partial charge is 0.426 e. The van der Waals surface area contributed by atoms with Crippen molar-refractivity contribution in [1.29, 1.82) is 0 Å². The van der Waals surface area contributed by atoms with Crippen molar-refractivity contribution in [2.75, 3.05) is 0 Å². The van der Waals surface area contributed by atoms with Crippen LogP contribution in [0.4, 0.5) is 0 Å². The lowest BCUT2D eigenvalue weighted by molar-refractivity contribution is -0.160. The smallest absolute Gasteiger partial charge is 0.325 e. The summed E-state index contributed by atoms with van der Waals surface area (Å²) in [6.45, 7) is 4.09. The van der Waals surface area contributed by atoms with E-state index in [1.165, 1.54) is 0 Å². The van der Waals surface area contributed by atoms with Crippen LogP contribution in [-0.2, 0) is 14.3 Å². The van der Waals surface area contributed by atoms with Gasteiger partial charge in [0.05, 0.1) is 0 Å². The van der Waals surface area contributed by atoms with E-state index >= 15 is 0 Å². The van der Waals surface area contributed by atoms with Gasteiger partial charge in [-0.3, -0.25) is 9.59 Å². The van der Waals surface area contributed by atoms with Crippen molar-refractivity contribution in [2.45, 2.75) is 46.0 Å². The number of hydrogen-bond acceptors (Lipinski definition) is 3. The van der Waals surface area contributed by atoms with Crippen LogP contribution >= 0.6 is 0 Å². The molecule has 0 spiro atoms. The Morgan fingerprint density at radius 1 is 1.37 bits per heavy atom. The van der Waals surface area contributed by atoms with Crippen LogP contribution in [0.15, 0.2) is 24.0 Å². The van der Waals surface area contributed by atoms with Crippen LogP contribution in [0.2, 0.25) is 0 Å². The molecule has 3 aliphatic rings. The van der Waals surface area contributed by atoms with E-state index in [1.54, 1.807) is 0 Å². The van der Waals surface area contributed by atoms with E-state index in [2.05, 4.69) is 0 Å². The zero-order valence-corrected chi connectivity index (χ0v) is 11.6. The molecule has 3 rings (SSSR count). The minimum Gasteiger partial charge on any atom is -0.426 e. The maximum atomic E-state index is 12.6. The molecule has 0 aliphatic heterocycles. The Kier molecular flexibility index (Phi) is 2.70. The molecule has 0 amide bonds. The Morgan fingerprint density at radius 2 is 2.16 bits per heavy atom. The molecule has 2 atom stereocenters. The van der Waals surface area contributed by atoms with E-state index in [9.17, 15) is 9.59 Å². The van der Waals surface area contributed by atoms with E-state index in [0.717, 1.165) is 19.3 Å². The van der Waals surface area contributed by atoms with Crippen molar-refractivity contribution in [3.8, 4) is 0 Å². The van der Waals surface area contributed by atoms with Gasteiger partial charge in [0.1, 0.15) is 11.2 Å². The van der Waals surface area contributed by atoms with Gasteiger partial charge in [0, 0.05) is 6.42 Å². The molecule has 2 saturated carbocycles. The van der Waals surface area contributed by atoms with Crippen LogP contribution in [0.1, 0.15) is 46.0 Å². The summed E-state index contributed by atoms with van der Waals surface area (Å²) in [6, 6.07) is 0. The predicted molar refractivity (Wildman–Crippen MR) is 71.1 cm³/mol. The third-order valence-corrected chi connectivity index (χ3v) is 5.42. The highest BCUT2D eigenvalue weighted by Crippen LogP contribution is 2.64. The second kappa shape index (κ2) is 4.06. The molecule has 0 aromatic heterocycles. The average Bonchev–Trinajstić information content (AvgIpc) is 2.74. The molecular formula is C16H20O3. The fraction of sp³-hybridized carbons (Fsp3) is 0.625. The molecule has 2 fully saturated rings. The summed E-state index contributed by atoms with van der Waals surface area (Å²) in [5.41, 5.74) is -1.16. The molecule has 0 radical (unpaired) electrons. The second-order valence-electron chi connectivity index (χ2n) is 6.47. The lowest BCUT2D eigenvalue weighted by Crippen LogP contribution is -2.44. The summed E-state index contributed by atoms with van der Waals surface area (Å²) < 4.78 is 5.52. The molecule has 2 bridgehead atoms. The topological polar surface area (TPSA) is 43.4 Å². The normalized spacial score (nSPS) is 35.4. The SMILES string of the molecule is CC1(C)C2CCC1(C(=O)OC1=CCCC=C1)C(=O)C2. The molecule has 0 saturated heterocycles. The molecule has 3 nitrogen and oxygen atoms in total. The molecule has 102 valence electrons. The number of carbonyl (C=O) groups excluding carboxylic acids is 2. The molecule has 0 N–H and O–H groups in total. The molecule has 0 aromatic rings. The fourth-order valence-electron chi connectivity index (χ4n) is 4.01. The van der Waals surface area contributed by atoms with Crippen LogP contribution in [0.25, 0.3) is 0 Å². The maximum Gasteiger partial charge on any atom is 0.325 e. The number of esters is 1. The van der Waals surface area contributed by atoms with E-state index in [0.29, 0.717) is 24.5 Å². The highest BCUT2D eigenvalue weighted by atomic mass is 16.5. The lowest BCUT2D eigenvalue weighted by Gasteiger charge is -2.34. The highest BCUT2D eigenvalue weighted by Gasteiger charge is 2.69. The first kappa shape index (κ1) is 12.6. The molecular weight excluding hydrogens is 240 g/mol. The third kappa shape index (κ3) is 1.57. The van der Waals surface area contributed by atoms with Gasteiger partial charge in [0.15, 0.2) is 5.78 Å². The van der Waals surface area contributed by atoms with Crippen LogP contribution in [0.3, 0.4) is 0 Å². The van der Waals surface area contributed by atoms with Crippen molar-refractivity contribution < 1.29 is 14.3 Å². The van der Waals surface area contributed by atoms with Gasteiger partial charge in [0.25, 0.3) is 0 Å². The van der Waals surface area contributed by atoms with Gasteiger partial charge in [-0.15, -0.1) is 0 Å². The van der Waals surface area contributed by atoms with Crippen LogP contribution in [-0.4, -0.2) is 11.8 Å². The van der Waals surface area contributed by atoms with Crippen molar-refractivity contribution >= 4 is 11.8 Å². The van der Waals surface area contributed by atoms with Gasteiger partial charge in [0.2, 0.25) is 0 Å².